The van der Waals surface area contributed by atoms with E-state index < -0.39 is 5.97 Å². The number of ether oxygens (including phenoxy) is 1. The first-order chi connectivity index (χ1) is 10.6. The topological polar surface area (TPSA) is 63.6 Å². The van der Waals surface area contributed by atoms with Gasteiger partial charge in [-0.3, -0.25) is 4.79 Å². The molecule has 0 radical (unpaired) electrons. The molecule has 0 saturated carbocycles. The highest BCUT2D eigenvalue weighted by Gasteiger charge is 2.29. The first-order valence-electron chi connectivity index (χ1n) is 6.86. The molecule has 0 saturated heterocycles. The molecule has 1 N–H and O–H groups in total. The van der Waals surface area contributed by atoms with Crippen LogP contribution in [0.1, 0.15) is 31.8 Å². The van der Waals surface area contributed by atoms with Crippen molar-refractivity contribution < 1.29 is 19.4 Å². The van der Waals surface area contributed by atoms with Crippen molar-refractivity contribution in [2.75, 3.05) is 7.11 Å². The van der Waals surface area contributed by atoms with Gasteiger partial charge in [-0.05, 0) is 11.6 Å². The number of hydrogen-bond donors (Lipinski definition) is 1. The van der Waals surface area contributed by atoms with Crippen LogP contribution in [0, 0.1) is 0 Å². The molecule has 3 rings (SSSR count). The van der Waals surface area contributed by atoms with Crippen LogP contribution in [0.25, 0.3) is 5.76 Å². The molecule has 0 spiro atoms. The van der Waals surface area contributed by atoms with Crippen molar-refractivity contribution in [1.29, 1.82) is 0 Å². The van der Waals surface area contributed by atoms with Gasteiger partial charge >= 0.3 is 5.97 Å². The minimum Gasteiger partial charge on any atom is -0.507 e. The molecule has 0 amide bonds. The molecule has 4 heteroatoms. The number of allylic oxidation sites excluding steroid dienone is 1. The first-order valence-corrected chi connectivity index (χ1v) is 6.86. The van der Waals surface area contributed by atoms with E-state index in [1.54, 1.807) is 36.4 Å². The van der Waals surface area contributed by atoms with Gasteiger partial charge in [-0.15, -0.1) is 0 Å². The predicted octanol–water partition coefficient (Wildman–Crippen LogP) is 3.18. The molecule has 0 aromatic heterocycles. The van der Waals surface area contributed by atoms with Crippen LogP contribution < -0.4 is 0 Å². The van der Waals surface area contributed by atoms with E-state index in [4.69, 9.17) is 4.74 Å². The number of methoxy groups -OCH3 is 1. The molecule has 0 atom stereocenters. The highest BCUT2D eigenvalue weighted by Crippen LogP contribution is 2.31. The molecular weight excluding hydrogens is 280 g/mol. The molecular formula is C18H14O4. The Morgan fingerprint density at radius 2 is 1.68 bits per heavy atom. The van der Waals surface area contributed by atoms with Crippen molar-refractivity contribution in [1.82, 2.24) is 0 Å². The summed E-state index contributed by atoms with van der Waals surface area (Å²) in [6.07, 6.45) is 0.357. The summed E-state index contributed by atoms with van der Waals surface area (Å²) in [5, 5.41) is 10.5. The molecule has 1 aliphatic carbocycles. The lowest BCUT2D eigenvalue weighted by atomic mass is 10.0. The number of carbonyl (C=O) groups excluding carboxylic acids is 2. The Kier molecular flexibility index (Phi) is 3.51. The molecule has 0 bridgehead atoms. The zero-order valence-electron chi connectivity index (χ0n) is 12.0. The minimum atomic E-state index is -0.550. The van der Waals surface area contributed by atoms with E-state index >= 15 is 0 Å². The Bertz CT molecular complexity index is 802. The predicted molar refractivity (Wildman–Crippen MR) is 81.8 cm³/mol. The van der Waals surface area contributed by atoms with Crippen molar-refractivity contribution in [3.8, 4) is 0 Å². The van der Waals surface area contributed by atoms with Crippen LogP contribution in [0.15, 0.2) is 54.1 Å². The summed E-state index contributed by atoms with van der Waals surface area (Å²) in [5.74, 6) is -0.916. The van der Waals surface area contributed by atoms with Gasteiger partial charge in [0, 0.05) is 23.1 Å². The standard InChI is InChI=1S/C18H14O4/c1-22-18(21)14-9-5-4-8-13(14)17(20)15-10-11-6-2-3-7-12(11)16(15)19/h2-9,20H,10H2,1H3/b17-15-. The number of rotatable bonds is 2. The Balaban J connectivity index is 2.11. The van der Waals surface area contributed by atoms with Crippen molar-refractivity contribution in [2.24, 2.45) is 0 Å². The van der Waals surface area contributed by atoms with Gasteiger partial charge < -0.3 is 9.84 Å². The SMILES string of the molecule is COC(=O)c1ccccc1/C(O)=C1\Cc2ccccc2C1=O. The number of aliphatic hydroxyl groups excluding tert-OH is 1. The number of fused-ring (bicyclic) bond motifs is 1. The van der Waals surface area contributed by atoms with E-state index in [-0.39, 0.29) is 17.1 Å². The van der Waals surface area contributed by atoms with E-state index in [0.717, 1.165) is 5.56 Å². The van der Waals surface area contributed by atoms with E-state index in [9.17, 15) is 14.7 Å². The van der Waals surface area contributed by atoms with Crippen LogP contribution in [-0.4, -0.2) is 24.0 Å². The number of aliphatic hydroxyl groups is 1. The van der Waals surface area contributed by atoms with E-state index in [1.807, 2.05) is 12.1 Å². The van der Waals surface area contributed by atoms with Gasteiger partial charge in [0.1, 0.15) is 5.76 Å². The summed E-state index contributed by atoms with van der Waals surface area (Å²) < 4.78 is 4.72. The molecule has 0 aliphatic heterocycles. The fourth-order valence-corrected chi connectivity index (χ4v) is 2.66. The lowest BCUT2D eigenvalue weighted by Gasteiger charge is -2.09. The molecule has 1 aliphatic rings. The zero-order chi connectivity index (χ0) is 15.7. The summed E-state index contributed by atoms with van der Waals surface area (Å²) in [5.41, 5.74) is 2.33. The molecule has 0 unspecified atom stereocenters. The van der Waals surface area contributed by atoms with E-state index in [1.165, 1.54) is 7.11 Å². The van der Waals surface area contributed by atoms with Gasteiger partial charge in [-0.25, -0.2) is 4.79 Å². The quantitative estimate of drug-likeness (QED) is 0.525. The molecule has 2 aromatic rings. The average molecular weight is 294 g/mol. The minimum absolute atomic E-state index is 0.165. The number of hydrogen-bond acceptors (Lipinski definition) is 4. The fourth-order valence-electron chi connectivity index (χ4n) is 2.66. The van der Waals surface area contributed by atoms with Gasteiger partial charge in [0.05, 0.1) is 12.7 Å². The van der Waals surface area contributed by atoms with Crippen LogP contribution in [0.3, 0.4) is 0 Å². The van der Waals surface area contributed by atoms with Crippen LogP contribution in [0.5, 0.6) is 0 Å². The van der Waals surface area contributed by atoms with Gasteiger partial charge in [-0.2, -0.15) is 0 Å². The Hall–Kier alpha value is -2.88. The third-order valence-electron chi connectivity index (χ3n) is 3.78. The molecule has 22 heavy (non-hydrogen) atoms. The first kappa shape index (κ1) is 14.1. The van der Waals surface area contributed by atoms with Crippen LogP contribution in [0.2, 0.25) is 0 Å². The fraction of sp³-hybridized carbons (Fsp3) is 0.111. The van der Waals surface area contributed by atoms with Crippen molar-refractivity contribution in [3.05, 3.63) is 76.4 Å². The van der Waals surface area contributed by atoms with Crippen LogP contribution in [-0.2, 0) is 11.2 Å². The van der Waals surface area contributed by atoms with E-state index in [0.29, 0.717) is 23.1 Å². The third kappa shape index (κ3) is 2.19. The summed E-state index contributed by atoms with van der Waals surface area (Å²) in [7, 11) is 1.28. The molecule has 4 nitrogen and oxygen atoms in total. The number of ketones is 1. The summed E-state index contributed by atoms with van der Waals surface area (Å²) in [6, 6.07) is 13.8. The van der Waals surface area contributed by atoms with Crippen LogP contribution in [0.4, 0.5) is 0 Å². The highest BCUT2D eigenvalue weighted by atomic mass is 16.5. The maximum absolute atomic E-state index is 12.4. The maximum Gasteiger partial charge on any atom is 0.338 e. The summed E-state index contributed by atoms with van der Waals surface area (Å²) >= 11 is 0. The number of Topliss-reactive ketones (excluding diaryl/α,β-unsaturated/α-hetero) is 1. The smallest absolute Gasteiger partial charge is 0.338 e. The van der Waals surface area contributed by atoms with Gasteiger partial charge in [-0.1, -0.05) is 42.5 Å². The molecule has 110 valence electrons. The second kappa shape index (κ2) is 5.48. The summed E-state index contributed by atoms with van der Waals surface area (Å²) in [6.45, 7) is 0. The largest absolute Gasteiger partial charge is 0.507 e. The van der Waals surface area contributed by atoms with E-state index in [2.05, 4.69) is 0 Å². The zero-order valence-corrected chi connectivity index (χ0v) is 12.0. The molecule has 2 aromatic carbocycles. The second-order valence-electron chi connectivity index (χ2n) is 5.03. The number of benzene rings is 2. The van der Waals surface area contributed by atoms with Crippen molar-refractivity contribution >= 4 is 17.5 Å². The molecule has 0 fully saturated rings. The van der Waals surface area contributed by atoms with Gasteiger partial charge in [0.2, 0.25) is 0 Å². The van der Waals surface area contributed by atoms with Gasteiger partial charge in [0.15, 0.2) is 5.78 Å². The summed E-state index contributed by atoms with van der Waals surface area (Å²) in [4.78, 5) is 24.2. The van der Waals surface area contributed by atoms with Crippen LogP contribution >= 0.6 is 0 Å². The highest BCUT2D eigenvalue weighted by molar-refractivity contribution is 6.17. The molecule has 0 heterocycles. The van der Waals surface area contributed by atoms with Gasteiger partial charge in [0.25, 0.3) is 0 Å². The Labute approximate surface area is 127 Å². The monoisotopic (exact) mass is 294 g/mol. The lowest BCUT2D eigenvalue weighted by Crippen LogP contribution is -2.07. The second-order valence-corrected chi connectivity index (χ2v) is 5.03. The Morgan fingerprint density at radius 3 is 2.36 bits per heavy atom. The third-order valence-corrected chi connectivity index (χ3v) is 3.78. The number of esters is 1. The Morgan fingerprint density at radius 1 is 1.05 bits per heavy atom. The van der Waals surface area contributed by atoms with Crippen molar-refractivity contribution in [3.63, 3.8) is 0 Å². The van der Waals surface area contributed by atoms with Crippen molar-refractivity contribution in [2.45, 2.75) is 6.42 Å². The maximum atomic E-state index is 12.4. The normalized spacial score (nSPS) is 15.4. The lowest BCUT2D eigenvalue weighted by molar-refractivity contribution is 0.0599. The number of carbonyl (C=O) groups is 2. The average Bonchev–Trinajstić information content (AvgIpc) is 2.91.